The fourth-order valence-corrected chi connectivity index (χ4v) is 2.20. The van der Waals surface area contributed by atoms with Crippen molar-refractivity contribution >= 4 is 5.69 Å². The van der Waals surface area contributed by atoms with E-state index in [1.165, 1.54) is 5.69 Å². The number of hydrogen-bond acceptors (Lipinski definition) is 4. The van der Waals surface area contributed by atoms with E-state index in [1.807, 2.05) is 19.1 Å². The Labute approximate surface area is 110 Å². The van der Waals surface area contributed by atoms with E-state index in [-0.39, 0.29) is 0 Å². The van der Waals surface area contributed by atoms with Crippen molar-refractivity contribution in [1.29, 1.82) is 0 Å². The van der Waals surface area contributed by atoms with Crippen molar-refractivity contribution in [1.82, 2.24) is 10.2 Å². The number of nitrogens with one attached hydrogen (secondary N) is 1. The molecule has 0 bridgehead atoms. The summed E-state index contributed by atoms with van der Waals surface area (Å²) in [5.74, 6) is 0.942. The minimum Gasteiger partial charge on any atom is -0.494 e. The molecule has 1 aliphatic rings. The van der Waals surface area contributed by atoms with Gasteiger partial charge in [-0.1, -0.05) is 0 Å². The fourth-order valence-electron chi connectivity index (χ4n) is 2.20. The zero-order chi connectivity index (χ0) is 12.8. The summed E-state index contributed by atoms with van der Waals surface area (Å²) in [6.07, 6.45) is 0. The van der Waals surface area contributed by atoms with Gasteiger partial charge in [-0.3, -0.25) is 4.90 Å². The summed E-state index contributed by atoms with van der Waals surface area (Å²) in [5.41, 5.74) is 1.23. The third kappa shape index (κ3) is 3.62. The Morgan fingerprint density at radius 2 is 1.89 bits per heavy atom. The van der Waals surface area contributed by atoms with Crippen molar-refractivity contribution in [3.63, 3.8) is 0 Å². The van der Waals surface area contributed by atoms with Gasteiger partial charge in [0.05, 0.1) is 13.3 Å². The maximum absolute atomic E-state index is 5.45. The molecule has 1 heterocycles. The number of anilines is 1. The molecule has 1 fully saturated rings. The molecule has 1 aliphatic heterocycles. The lowest BCUT2D eigenvalue weighted by Gasteiger charge is -2.32. The van der Waals surface area contributed by atoms with E-state index in [2.05, 4.69) is 34.3 Å². The molecule has 0 spiro atoms. The van der Waals surface area contributed by atoms with Crippen LogP contribution >= 0.6 is 0 Å². The summed E-state index contributed by atoms with van der Waals surface area (Å²) >= 11 is 0. The van der Waals surface area contributed by atoms with Crippen molar-refractivity contribution in [3.8, 4) is 5.75 Å². The molecule has 2 rings (SSSR count). The van der Waals surface area contributed by atoms with E-state index in [0.29, 0.717) is 0 Å². The van der Waals surface area contributed by atoms with Gasteiger partial charge >= 0.3 is 0 Å². The standard InChI is InChI=1S/C14H23N3O/c1-3-18-14-6-4-13(5-7-14)16(2)12-17-10-8-15-9-11-17/h4-7,15H,3,8-12H2,1-2H3. The van der Waals surface area contributed by atoms with Gasteiger partial charge in [0, 0.05) is 38.9 Å². The second-order valence-electron chi connectivity index (χ2n) is 4.63. The summed E-state index contributed by atoms with van der Waals surface area (Å²) in [5, 5.41) is 3.37. The molecule has 0 aliphatic carbocycles. The Bertz CT molecular complexity index is 347. The molecular weight excluding hydrogens is 226 g/mol. The molecule has 4 heteroatoms. The highest BCUT2D eigenvalue weighted by atomic mass is 16.5. The molecule has 0 amide bonds. The lowest BCUT2D eigenvalue weighted by Crippen LogP contribution is -2.47. The molecule has 1 aromatic rings. The van der Waals surface area contributed by atoms with Crippen LogP contribution in [0.2, 0.25) is 0 Å². The molecule has 1 aromatic carbocycles. The minimum atomic E-state index is 0.718. The van der Waals surface area contributed by atoms with Crippen LogP contribution in [0.1, 0.15) is 6.92 Å². The molecule has 18 heavy (non-hydrogen) atoms. The average molecular weight is 249 g/mol. The normalized spacial score (nSPS) is 16.6. The first kappa shape index (κ1) is 13.2. The van der Waals surface area contributed by atoms with Crippen LogP contribution in [0.15, 0.2) is 24.3 Å². The van der Waals surface area contributed by atoms with Crippen LogP contribution in [-0.4, -0.2) is 51.4 Å². The third-order valence-corrected chi connectivity index (χ3v) is 3.21. The van der Waals surface area contributed by atoms with Gasteiger partial charge in [-0.05, 0) is 31.2 Å². The highest BCUT2D eigenvalue weighted by Gasteiger charge is 2.11. The average Bonchev–Trinajstić information content (AvgIpc) is 2.41. The lowest BCUT2D eigenvalue weighted by atomic mass is 10.3. The highest BCUT2D eigenvalue weighted by Crippen LogP contribution is 2.18. The van der Waals surface area contributed by atoms with Crippen LogP contribution in [0.5, 0.6) is 5.75 Å². The first-order valence-electron chi connectivity index (χ1n) is 6.66. The van der Waals surface area contributed by atoms with Crippen LogP contribution in [0.4, 0.5) is 5.69 Å². The summed E-state index contributed by atoms with van der Waals surface area (Å²) in [4.78, 5) is 4.74. The van der Waals surface area contributed by atoms with Gasteiger partial charge in [0.15, 0.2) is 0 Å². The molecule has 4 nitrogen and oxygen atoms in total. The molecule has 0 unspecified atom stereocenters. The largest absolute Gasteiger partial charge is 0.494 e. The first-order valence-corrected chi connectivity index (χ1v) is 6.66. The number of hydrogen-bond donors (Lipinski definition) is 1. The Morgan fingerprint density at radius 1 is 1.22 bits per heavy atom. The molecule has 0 saturated carbocycles. The maximum Gasteiger partial charge on any atom is 0.119 e. The monoisotopic (exact) mass is 249 g/mol. The molecule has 1 saturated heterocycles. The van der Waals surface area contributed by atoms with Gasteiger partial charge in [-0.15, -0.1) is 0 Å². The van der Waals surface area contributed by atoms with E-state index in [4.69, 9.17) is 4.74 Å². The summed E-state index contributed by atoms with van der Waals surface area (Å²) < 4.78 is 5.45. The quantitative estimate of drug-likeness (QED) is 0.853. The summed E-state index contributed by atoms with van der Waals surface area (Å²) in [6.45, 7) is 8.15. The number of ether oxygens (including phenoxy) is 1. The van der Waals surface area contributed by atoms with E-state index in [1.54, 1.807) is 0 Å². The zero-order valence-corrected chi connectivity index (χ0v) is 11.4. The van der Waals surface area contributed by atoms with Crippen molar-refractivity contribution < 1.29 is 4.74 Å². The van der Waals surface area contributed by atoms with Crippen LogP contribution in [0.3, 0.4) is 0 Å². The summed E-state index contributed by atoms with van der Waals surface area (Å²) in [6, 6.07) is 8.31. The van der Waals surface area contributed by atoms with Crippen molar-refractivity contribution in [2.75, 3.05) is 51.4 Å². The molecular formula is C14H23N3O. The van der Waals surface area contributed by atoms with Gasteiger partial charge in [0.25, 0.3) is 0 Å². The minimum absolute atomic E-state index is 0.718. The van der Waals surface area contributed by atoms with Gasteiger partial charge in [0.2, 0.25) is 0 Å². The van der Waals surface area contributed by atoms with Crippen LogP contribution < -0.4 is 15.0 Å². The van der Waals surface area contributed by atoms with E-state index < -0.39 is 0 Å². The molecule has 0 atom stereocenters. The topological polar surface area (TPSA) is 27.7 Å². The molecule has 0 aromatic heterocycles. The number of rotatable bonds is 5. The third-order valence-electron chi connectivity index (χ3n) is 3.21. The van der Waals surface area contributed by atoms with Gasteiger partial charge in [0.1, 0.15) is 5.75 Å². The predicted octanol–water partition coefficient (Wildman–Crippen LogP) is 1.38. The van der Waals surface area contributed by atoms with E-state index >= 15 is 0 Å². The predicted molar refractivity (Wildman–Crippen MR) is 75.3 cm³/mol. The van der Waals surface area contributed by atoms with Crippen molar-refractivity contribution in [2.24, 2.45) is 0 Å². The number of nitrogens with zero attached hydrogens (tertiary/aromatic N) is 2. The molecule has 1 N–H and O–H groups in total. The smallest absolute Gasteiger partial charge is 0.119 e. The number of benzene rings is 1. The fraction of sp³-hybridized carbons (Fsp3) is 0.571. The van der Waals surface area contributed by atoms with Crippen molar-refractivity contribution in [2.45, 2.75) is 6.92 Å². The van der Waals surface area contributed by atoms with Gasteiger partial charge < -0.3 is 15.0 Å². The maximum atomic E-state index is 5.45. The van der Waals surface area contributed by atoms with Crippen LogP contribution in [0, 0.1) is 0 Å². The van der Waals surface area contributed by atoms with Crippen LogP contribution in [0.25, 0.3) is 0 Å². The Balaban J connectivity index is 1.89. The molecule has 0 radical (unpaired) electrons. The Kier molecular flexibility index (Phi) is 4.84. The first-order chi connectivity index (χ1) is 8.79. The molecule has 100 valence electrons. The van der Waals surface area contributed by atoms with Crippen molar-refractivity contribution in [3.05, 3.63) is 24.3 Å². The summed E-state index contributed by atoms with van der Waals surface area (Å²) in [7, 11) is 2.14. The van der Waals surface area contributed by atoms with Crippen LogP contribution in [-0.2, 0) is 0 Å². The second kappa shape index (κ2) is 6.61. The highest BCUT2D eigenvalue weighted by molar-refractivity contribution is 5.48. The number of piperazine rings is 1. The SMILES string of the molecule is CCOc1ccc(N(C)CN2CCNCC2)cc1. The Morgan fingerprint density at radius 3 is 2.50 bits per heavy atom. The van der Waals surface area contributed by atoms with Gasteiger partial charge in [-0.25, -0.2) is 0 Å². The van der Waals surface area contributed by atoms with Gasteiger partial charge in [-0.2, -0.15) is 0 Å². The lowest BCUT2D eigenvalue weighted by molar-refractivity contribution is 0.243. The second-order valence-corrected chi connectivity index (χ2v) is 4.63. The van der Waals surface area contributed by atoms with E-state index in [9.17, 15) is 0 Å². The Hall–Kier alpha value is -1.26. The van der Waals surface area contributed by atoms with E-state index in [0.717, 1.165) is 45.2 Å². The zero-order valence-electron chi connectivity index (χ0n) is 11.4.